The van der Waals surface area contributed by atoms with E-state index in [0.29, 0.717) is 11.0 Å². The van der Waals surface area contributed by atoms with Crippen molar-refractivity contribution in [1.82, 2.24) is 15.0 Å². The van der Waals surface area contributed by atoms with Crippen LogP contribution in [0.3, 0.4) is 0 Å². The smallest absolute Gasteiger partial charge is 0.335 e. The fourth-order valence-electron chi connectivity index (χ4n) is 1.91. The van der Waals surface area contributed by atoms with E-state index in [-0.39, 0.29) is 5.56 Å². The predicted molar refractivity (Wildman–Crippen MR) is 81.2 cm³/mol. The summed E-state index contributed by atoms with van der Waals surface area (Å²) in [5, 5.41) is 17.2. The summed E-state index contributed by atoms with van der Waals surface area (Å²) in [5.41, 5.74) is 2.25. The quantitative estimate of drug-likeness (QED) is 0.717. The SMILES string of the molecule is O=C(O)c1ccc2nnn(-c3c(Br)cccc3Br)c2c1. The van der Waals surface area contributed by atoms with Gasteiger partial charge >= 0.3 is 5.97 Å². The highest BCUT2D eigenvalue weighted by molar-refractivity contribution is 9.11. The van der Waals surface area contributed by atoms with Crippen LogP contribution in [-0.4, -0.2) is 26.1 Å². The molecule has 0 spiro atoms. The van der Waals surface area contributed by atoms with E-state index < -0.39 is 5.97 Å². The van der Waals surface area contributed by atoms with Gasteiger partial charge in [0.05, 0.1) is 16.8 Å². The normalized spacial score (nSPS) is 10.9. The largest absolute Gasteiger partial charge is 0.478 e. The topological polar surface area (TPSA) is 68.0 Å². The number of aromatic nitrogens is 3. The molecule has 3 aromatic rings. The molecule has 0 aliphatic carbocycles. The first-order chi connectivity index (χ1) is 9.58. The monoisotopic (exact) mass is 395 g/mol. The third-order valence-electron chi connectivity index (χ3n) is 2.84. The Morgan fingerprint density at radius 3 is 2.50 bits per heavy atom. The molecule has 0 amide bonds. The molecule has 0 saturated heterocycles. The molecule has 0 aliphatic heterocycles. The summed E-state index contributed by atoms with van der Waals surface area (Å²) in [4.78, 5) is 11.1. The number of halogens is 2. The van der Waals surface area contributed by atoms with E-state index in [1.54, 1.807) is 16.8 Å². The molecule has 0 saturated carbocycles. The Balaban J connectivity index is 2.31. The van der Waals surface area contributed by atoms with Crippen LogP contribution in [0.25, 0.3) is 16.7 Å². The van der Waals surface area contributed by atoms with Crippen LogP contribution in [-0.2, 0) is 0 Å². The Morgan fingerprint density at radius 2 is 1.85 bits per heavy atom. The summed E-state index contributed by atoms with van der Waals surface area (Å²) < 4.78 is 3.27. The minimum atomic E-state index is -0.981. The average Bonchev–Trinajstić information content (AvgIpc) is 2.81. The van der Waals surface area contributed by atoms with Crippen molar-refractivity contribution >= 4 is 48.9 Å². The fraction of sp³-hybridized carbons (Fsp3) is 0. The molecule has 1 heterocycles. The third-order valence-corrected chi connectivity index (χ3v) is 4.12. The minimum absolute atomic E-state index is 0.198. The standard InChI is InChI=1S/C13H7Br2N3O2/c14-8-2-1-3-9(15)12(8)18-11-6-7(13(19)20)4-5-10(11)16-17-18/h1-6H,(H,19,20). The Labute approximate surface area is 130 Å². The first-order valence-corrected chi connectivity index (χ1v) is 7.19. The third kappa shape index (κ3) is 2.12. The van der Waals surface area contributed by atoms with Crippen LogP contribution in [0, 0.1) is 0 Å². The lowest BCUT2D eigenvalue weighted by Gasteiger charge is -2.07. The van der Waals surface area contributed by atoms with Gasteiger partial charge in [0.2, 0.25) is 0 Å². The fourth-order valence-corrected chi connectivity index (χ4v) is 3.24. The summed E-state index contributed by atoms with van der Waals surface area (Å²) in [6.07, 6.45) is 0. The molecule has 0 unspecified atom stereocenters. The molecule has 1 aromatic heterocycles. The highest BCUT2D eigenvalue weighted by Crippen LogP contribution is 2.30. The number of carboxylic acids is 1. The average molecular weight is 397 g/mol. The number of para-hydroxylation sites is 1. The zero-order valence-corrected chi connectivity index (χ0v) is 13.1. The van der Waals surface area contributed by atoms with Crippen molar-refractivity contribution < 1.29 is 9.90 Å². The van der Waals surface area contributed by atoms with Crippen molar-refractivity contribution in [2.24, 2.45) is 0 Å². The maximum atomic E-state index is 11.1. The molecule has 0 bridgehead atoms. The summed E-state index contributed by atoms with van der Waals surface area (Å²) in [7, 11) is 0. The highest BCUT2D eigenvalue weighted by atomic mass is 79.9. The van der Waals surface area contributed by atoms with E-state index in [0.717, 1.165) is 14.6 Å². The molecule has 1 N–H and O–H groups in total. The Kier molecular flexibility index (Phi) is 3.31. The number of hydrogen-bond acceptors (Lipinski definition) is 3. The minimum Gasteiger partial charge on any atom is -0.478 e. The summed E-state index contributed by atoms with van der Waals surface area (Å²) in [5.74, 6) is -0.981. The van der Waals surface area contributed by atoms with Gasteiger partial charge in [-0.2, -0.15) is 0 Å². The van der Waals surface area contributed by atoms with E-state index in [2.05, 4.69) is 42.2 Å². The van der Waals surface area contributed by atoms with Crippen LogP contribution in [0.2, 0.25) is 0 Å². The van der Waals surface area contributed by atoms with Gasteiger partial charge in [-0.25, -0.2) is 9.48 Å². The van der Waals surface area contributed by atoms with Crippen LogP contribution in [0.1, 0.15) is 10.4 Å². The molecule has 5 nitrogen and oxygen atoms in total. The molecule has 0 aliphatic rings. The molecule has 20 heavy (non-hydrogen) atoms. The van der Waals surface area contributed by atoms with Crippen molar-refractivity contribution in [2.75, 3.05) is 0 Å². The number of carbonyl (C=O) groups is 1. The molecule has 3 rings (SSSR count). The first-order valence-electron chi connectivity index (χ1n) is 5.61. The van der Waals surface area contributed by atoms with Crippen molar-refractivity contribution in [3.63, 3.8) is 0 Å². The van der Waals surface area contributed by atoms with Gasteiger partial charge in [0, 0.05) is 8.95 Å². The van der Waals surface area contributed by atoms with Crippen LogP contribution >= 0.6 is 31.9 Å². The summed E-state index contributed by atoms with van der Waals surface area (Å²) >= 11 is 6.93. The zero-order chi connectivity index (χ0) is 14.3. The van der Waals surface area contributed by atoms with Gasteiger partial charge in [-0.15, -0.1) is 5.10 Å². The van der Waals surface area contributed by atoms with E-state index in [9.17, 15) is 4.79 Å². The van der Waals surface area contributed by atoms with E-state index in [1.807, 2.05) is 18.2 Å². The molecule has 100 valence electrons. The molecule has 2 aromatic carbocycles. The van der Waals surface area contributed by atoms with Crippen molar-refractivity contribution in [3.8, 4) is 5.69 Å². The maximum absolute atomic E-state index is 11.1. The highest BCUT2D eigenvalue weighted by Gasteiger charge is 2.14. The van der Waals surface area contributed by atoms with Crippen LogP contribution < -0.4 is 0 Å². The lowest BCUT2D eigenvalue weighted by atomic mass is 10.2. The number of fused-ring (bicyclic) bond motifs is 1. The van der Waals surface area contributed by atoms with Crippen molar-refractivity contribution in [3.05, 3.63) is 50.9 Å². The van der Waals surface area contributed by atoms with E-state index >= 15 is 0 Å². The van der Waals surface area contributed by atoms with Gasteiger partial charge in [-0.3, -0.25) is 0 Å². The Bertz CT molecular complexity index is 809. The van der Waals surface area contributed by atoms with Gasteiger partial charge < -0.3 is 5.11 Å². The first kappa shape index (κ1) is 13.3. The second-order valence-electron chi connectivity index (χ2n) is 4.08. The van der Waals surface area contributed by atoms with Gasteiger partial charge in [0.25, 0.3) is 0 Å². The zero-order valence-electron chi connectivity index (χ0n) is 9.92. The molecule has 7 heteroatoms. The number of nitrogens with zero attached hydrogens (tertiary/aromatic N) is 3. The predicted octanol–water partition coefficient (Wildman–Crippen LogP) is 3.64. The second-order valence-corrected chi connectivity index (χ2v) is 5.79. The second kappa shape index (κ2) is 4.99. The van der Waals surface area contributed by atoms with Gasteiger partial charge in [0.15, 0.2) is 0 Å². The van der Waals surface area contributed by atoms with Crippen molar-refractivity contribution in [2.45, 2.75) is 0 Å². The number of hydrogen-bond donors (Lipinski definition) is 1. The van der Waals surface area contributed by atoms with Crippen LogP contribution in [0.4, 0.5) is 0 Å². The van der Waals surface area contributed by atoms with Crippen LogP contribution in [0.5, 0.6) is 0 Å². The Hall–Kier alpha value is -1.73. The molecule has 0 fully saturated rings. The number of aromatic carboxylic acids is 1. The lowest BCUT2D eigenvalue weighted by molar-refractivity contribution is 0.0697. The van der Waals surface area contributed by atoms with E-state index in [4.69, 9.17) is 5.11 Å². The molecular weight excluding hydrogens is 390 g/mol. The maximum Gasteiger partial charge on any atom is 0.335 e. The number of rotatable bonds is 2. The Morgan fingerprint density at radius 1 is 1.15 bits per heavy atom. The van der Waals surface area contributed by atoms with Gasteiger partial charge in [-0.1, -0.05) is 11.3 Å². The number of benzene rings is 2. The molecule has 0 radical (unpaired) electrons. The number of carboxylic acid groups (broad SMARTS) is 1. The van der Waals surface area contributed by atoms with Gasteiger partial charge in [0.1, 0.15) is 5.52 Å². The molecule has 0 atom stereocenters. The summed E-state index contributed by atoms with van der Waals surface area (Å²) in [6.45, 7) is 0. The van der Waals surface area contributed by atoms with Crippen molar-refractivity contribution in [1.29, 1.82) is 0 Å². The lowest BCUT2D eigenvalue weighted by Crippen LogP contribution is -2.01. The van der Waals surface area contributed by atoms with Crippen LogP contribution in [0.15, 0.2) is 45.3 Å². The molecular formula is C13H7Br2N3O2. The van der Waals surface area contributed by atoms with Gasteiger partial charge in [-0.05, 0) is 62.2 Å². The van der Waals surface area contributed by atoms with E-state index in [1.165, 1.54) is 6.07 Å². The summed E-state index contributed by atoms with van der Waals surface area (Å²) in [6, 6.07) is 10.4.